The standard InChI is InChI=1S/C16H16FN/c17-15-6-7-16-14(10-15)9-13(11-18-16)8-12-4-2-1-3-5-12/h1-7,10,13,18H,8-9,11H2. The second kappa shape index (κ2) is 4.81. The van der Waals surface area contributed by atoms with Gasteiger partial charge in [0.2, 0.25) is 0 Å². The molecule has 0 aromatic heterocycles. The van der Waals surface area contributed by atoms with Crippen LogP contribution in [0.1, 0.15) is 11.1 Å². The van der Waals surface area contributed by atoms with Gasteiger partial charge in [-0.3, -0.25) is 0 Å². The predicted molar refractivity (Wildman–Crippen MR) is 72.2 cm³/mol. The molecule has 0 spiro atoms. The van der Waals surface area contributed by atoms with Crippen LogP contribution in [0.25, 0.3) is 0 Å². The summed E-state index contributed by atoms with van der Waals surface area (Å²) in [6.07, 6.45) is 2.00. The molecule has 1 aliphatic heterocycles. The molecule has 3 rings (SSSR count). The number of fused-ring (bicyclic) bond motifs is 1. The first kappa shape index (κ1) is 11.3. The molecule has 1 aliphatic rings. The third-order valence-corrected chi connectivity index (χ3v) is 3.52. The normalized spacial score (nSPS) is 17.9. The van der Waals surface area contributed by atoms with Crippen LogP contribution in [0.5, 0.6) is 0 Å². The summed E-state index contributed by atoms with van der Waals surface area (Å²) in [6, 6.07) is 15.5. The van der Waals surface area contributed by atoms with Gasteiger partial charge in [0, 0.05) is 12.2 Å². The number of benzene rings is 2. The van der Waals surface area contributed by atoms with Gasteiger partial charge in [0.15, 0.2) is 0 Å². The van der Waals surface area contributed by atoms with Gasteiger partial charge in [-0.05, 0) is 48.1 Å². The van der Waals surface area contributed by atoms with Crippen LogP contribution in [-0.4, -0.2) is 6.54 Å². The number of anilines is 1. The van der Waals surface area contributed by atoms with E-state index in [0.717, 1.165) is 30.6 Å². The minimum Gasteiger partial charge on any atom is -0.385 e. The zero-order valence-corrected chi connectivity index (χ0v) is 10.2. The molecule has 1 atom stereocenters. The molecule has 1 N–H and O–H groups in total. The summed E-state index contributed by atoms with van der Waals surface area (Å²) in [4.78, 5) is 0. The molecule has 1 nitrogen and oxygen atoms in total. The summed E-state index contributed by atoms with van der Waals surface area (Å²) in [5.41, 5.74) is 3.53. The quantitative estimate of drug-likeness (QED) is 0.846. The van der Waals surface area contributed by atoms with E-state index in [1.54, 1.807) is 6.07 Å². The first-order chi connectivity index (χ1) is 8.81. The molecule has 92 valence electrons. The summed E-state index contributed by atoms with van der Waals surface area (Å²) >= 11 is 0. The van der Waals surface area contributed by atoms with Gasteiger partial charge in [-0.2, -0.15) is 0 Å². The maximum Gasteiger partial charge on any atom is 0.123 e. The lowest BCUT2D eigenvalue weighted by Gasteiger charge is -2.26. The predicted octanol–water partition coefficient (Wildman–Crippen LogP) is 3.65. The van der Waals surface area contributed by atoms with E-state index in [1.165, 1.54) is 11.6 Å². The lowest BCUT2D eigenvalue weighted by molar-refractivity contribution is 0.531. The van der Waals surface area contributed by atoms with E-state index in [4.69, 9.17) is 0 Å². The van der Waals surface area contributed by atoms with E-state index < -0.39 is 0 Å². The Hall–Kier alpha value is -1.83. The molecule has 1 heterocycles. The van der Waals surface area contributed by atoms with Crippen LogP contribution in [0.15, 0.2) is 48.5 Å². The Morgan fingerprint density at radius 3 is 2.78 bits per heavy atom. The SMILES string of the molecule is Fc1ccc2c(c1)CC(Cc1ccccc1)CN2. The minimum absolute atomic E-state index is 0.143. The zero-order chi connectivity index (χ0) is 12.4. The molecular weight excluding hydrogens is 225 g/mol. The summed E-state index contributed by atoms with van der Waals surface area (Å²) in [5.74, 6) is 0.401. The monoisotopic (exact) mass is 241 g/mol. The van der Waals surface area contributed by atoms with Crippen LogP contribution in [0.3, 0.4) is 0 Å². The topological polar surface area (TPSA) is 12.0 Å². The molecule has 2 aromatic carbocycles. The van der Waals surface area contributed by atoms with E-state index in [9.17, 15) is 4.39 Å². The van der Waals surface area contributed by atoms with Crippen molar-refractivity contribution in [3.63, 3.8) is 0 Å². The maximum absolute atomic E-state index is 13.2. The van der Waals surface area contributed by atoms with Crippen LogP contribution in [0.2, 0.25) is 0 Å². The van der Waals surface area contributed by atoms with E-state index >= 15 is 0 Å². The van der Waals surface area contributed by atoms with Crippen molar-refractivity contribution >= 4 is 5.69 Å². The highest BCUT2D eigenvalue weighted by molar-refractivity contribution is 5.53. The molecule has 2 heteroatoms. The molecule has 0 aliphatic carbocycles. The highest BCUT2D eigenvalue weighted by Crippen LogP contribution is 2.27. The molecule has 0 bridgehead atoms. The molecule has 1 unspecified atom stereocenters. The van der Waals surface area contributed by atoms with Gasteiger partial charge >= 0.3 is 0 Å². The minimum atomic E-state index is -0.143. The number of nitrogens with one attached hydrogen (secondary N) is 1. The van der Waals surface area contributed by atoms with Crippen molar-refractivity contribution in [3.05, 3.63) is 65.5 Å². The van der Waals surface area contributed by atoms with Crippen molar-refractivity contribution in [2.45, 2.75) is 12.8 Å². The molecule has 0 saturated carbocycles. The number of hydrogen-bond donors (Lipinski definition) is 1. The van der Waals surface area contributed by atoms with Crippen LogP contribution in [-0.2, 0) is 12.8 Å². The van der Waals surface area contributed by atoms with Crippen molar-refractivity contribution < 1.29 is 4.39 Å². The Bertz CT molecular complexity index is 536. The van der Waals surface area contributed by atoms with Crippen LogP contribution in [0.4, 0.5) is 10.1 Å². The van der Waals surface area contributed by atoms with Gasteiger partial charge in [-0.1, -0.05) is 30.3 Å². The summed E-state index contributed by atoms with van der Waals surface area (Å²) in [6.45, 7) is 0.966. The molecule has 0 saturated heterocycles. The van der Waals surface area contributed by atoms with Crippen molar-refractivity contribution in [1.82, 2.24) is 0 Å². The van der Waals surface area contributed by atoms with Gasteiger partial charge in [0.1, 0.15) is 5.82 Å². The molecule has 18 heavy (non-hydrogen) atoms. The highest BCUT2D eigenvalue weighted by atomic mass is 19.1. The third-order valence-electron chi connectivity index (χ3n) is 3.52. The maximum atomic E-state index is 13.2. The van der Waals surface area contributed by atoms with Gasteiger partial charge in [0.05, 0.1) is 0 Å². The zero-order valence-electron chi connectivity index (χ0n) is 10.2. The molecule has 0 amide bonds. The van der Waals surface area contributed by atoms with E-state index in [-0.39, 0.29) is 5.82 Å². The van der Waals surface area contributed by atoms with Crippen LogP contribution in [0, 0.1) is 11.7 Å². The van der Waals surface area contributed by atoms with Crippen molar-refractivity contribution in [2.24, 2.45) is 5.92 Å². The van der Waals surface area contributed by atoms with Crippen molar-refractivity contribution in [1.29, 1.82) is 0 Å². The van der Waals surface area contributed by atoms with Gasteiger partial charge < -0.3 is 5.32 Å². The Kier molecular flexibility index (Phi) is 3.01. The highest BCUT2D eigenvalue weighted by Gasteiger charge is 2.18. The Labute approximate surface area is 107 Å². The Morgan fingerprint density at radius 1 is 1.11 bits per heavy atom. The fourth-order valence-electron chi connectivity index (χ4n) is 2.63. The Morgan fingerprint density at radius 2 is 1.94 bits per heavy atom. The molecule has 0 radical (unpaired) electrons. The fraction of sp³-hybridized carbons (Fsp3) is 0.250. The van der Waals surface area contributed by atoms with E-state index in [2.05, 4.69) is 29.6 Å². The lowest BCUT2D eigenvalue weighted by atomic mass is 9.89. The first-order valence-corrected chi connectivity index (χ1v) is 6.37. The lowest BCUT2D eigenvalue weighted by Crippen LogP contribution is -2.24. The summed E-state index contributed by atoms with van der Waals surface area (Å²) in [5, 5.41) is 3.39. The average molecular weight is 241 g/mol. The first-order valence-electron chi connectivity index (χ1n) is 6.37. The smallest absolute Gasteiger partial charge is 0.123 e. The third kappa shape index (κ3) is 2.37. The Balaban J connectivity index is 1.75. The van der Waals surface area contributed by atoms with E-state index in [1.807, 2.05) is 12.1 Å². The second-order valence-electron chi connectivity index (χ2n) is 4.94. The van der Waals surface area contributed by atoms with Gasteiger partial charge in [-0.15, -0.1) is 0 Å². The number of rotatable bonds is 2. The molecule has 2 aromatic rings. The summed E-state index contributed by atoms with van der Waals surface area (Å²) < 4.78 is 13.2. The van der Waals surface area contributed by atoms with Crippen LogP contribution < -0.4 is 5.32 Å². The van der Waals surface area contributed by atoms with Crippen molar-refractivity contribution in [2.75, 3.05) is 11.9 Å². The average Bonchev–Trinajstić information content (AvgIpc) is 2.39. The largest absolute Gasteiger partial charge is 0.385 e. The molecular formula is C16H16FN. The van der Waals surface area contributed by atoms with Gasteiger partial charge in [0.25, 0.3) is 0 Å². The molecule has 0 fully saturated rings. The van der Waals surface area contributed by atoms with Gasteiger partial charge in [-0.25, -0.2) is 4.39 Å². The number of halogens is 1. The van der Waals surface area contributed by atoms with Crippen LogP contribution >= 0.6 is 0 Å². The second-order valence-corrected chi connectivity index (χ2v) is 4.94. The fourth-order valence-corrected chi connectivity index (χ4v) is 2.63. The van der Waals surface area contributed by atoms with E-state index in [0.29, 0.717) is 5.92 Å². The van der Waals surface area contributed by atoms with Crippen molar-refractivity contribution in [3.8, 4) is 0 Å². The summed E-state index contributed by atoms with van der Waals surface area (Å²) in [7, 11) is 0. The number of hydrogen-bond acceptors (Lipinski definition) is 1.